The highest BCUT2D eigenvalue weighted by Crippen LogP contribution is 2.13. The van der Waals surface area contributed by atoms with Crippen molar-refractivity contribution < 1.29 is 23.9 Å². The van der Waals surface area contributed by atoms with E-state index < -0.39 is 17.9 Å². The molecule has 6 heteroatoms. The lowest BCUT2D eigenvalue weighted by Gasteiger charge is -2.14. The number of ketones is 1. The highest BCUT2D eigenvalue weighted by Gasteiger charge is 2.24. The zero-order chi connectivity index (χ0) is 15.1. The van der Waals surface area contributed by atoms with E-state index in [1.807, 2.05) is 0 Å². The fourth-order valence-electron chi connectivity index (χ4n) is 1.66. The van der Waals surface area contributed by atoms with Crippen LogP contribution in [0.4, 0.5) is 0 Å². The molecule has 1 unspecified atom stereocenters. The number of amides is 1. The predicted octanol–water partition coefficient (Wildman–Crippen LogP) is 0.946. The molecule has 1 aromatic carbocycles. The number of rotatable bonds is 6. The van der Waals surface area contributed by atoms with Crippen LogP contribution in [0.15, 0.2) is 24.3 Å². The molecule has 108 valence electrons. The van der Waals surface area contributed by atoms with Gasteiger partial charge < -0.3 is 14.8 Å². The van der Waals surface area contributed by atoms with Crippen molar-refractivity contribution in [2.75, 3.05) is 14.2 Å². The Morgan fingerprint density at radius 1 is 1.15 bits per heavy atom. The molecule has 0 aliphatic heterocycles. The standard InChI is InChI=1S/C14H17NO5/c1-9(16)15-12(14(18)20-3)8-13(17)10-4-6-11(19-2)7-5-10/h4-7,12H,8H2,1-3H3,(H,15,16). The van der Waals surface area contributed by atoms with Crippen molar-refractivity contribution >= 4 is 17.7 Å². The van der Waals surface area contributed by atoms with Gasteiger partial charge in [-0.25, -0.2) is 4.79 Å². The van der Waals surface area contributed by atoms with Crippen LogP contribution in [0.5, 0.6) is 5.75 Å². The quantitative estimate of drug-likeness (QED) is 0.619. The monoisotopic (exact) mass is 279 g/mol. The minimum atomic E-state index is -0.980. The molecular formula is C14H17NO5. The van der Waals surface area contributed by atoms with Crippen LogP contribution < -0.4 is 10.1 Å². The van der Waals surface area contributed by atoms with E-state index >= 15 is 0 Å². The Hall–Kier alpha value is -2.37. The molecular weight excluding hydrogens is 262 g/mol. The van der Waals surface area contributed by atoms with E-state index in [4.69, 9.17) is 4.74 Å². The molecule has 0 aliphatic rings. The summed E-state index contributed by atoms with van der Waals surface area (Å²) in [5, 5.41) is 2.39. The Labute approximate surface area is 117 Å². The van der Waals surface area contributed by atoms with Gasteiger partial charge in [0.2, 0.25) is 5.91 Å². The number of hydrogen-bond donors (Lipinski definition) is 1. The van der Waals surface area contributed by atoms with E-state index in [1.165, 1.54) is 21.1 Å². The normalized spacial score (nSPS) is 11.3. The number of benzene rings is 1. The molecule has 1 N–H and O–H groups in total. The summed E-state index contributed by atoms with van der Waals surface area (Å²) >= 11 is 0. The summed E-state index contributed by atoms with van der Waals surface area (Å²) in [7, 11) is 2.73. The number of carbonyl (C=O) groups excluding carboxylic acids is 3. The van der Waals surface area contributed by atoms with Crippen molar-refractivity contribution in [2.24, 2.45) is 0 Å². The first kappa shape index (κ1) is 15.7. The largest absolute Gasteiger partial charge is 0.497 e. The predicted molar refractivity (Wildman–Crippen MR) is 71.6 cm³/mol. The molecule has 0 aliphatic carbocycles. The van der Waals surface area contributed by atoms with Gasteiger partial charge in [0.15, 0.2) is 5.78 Å². The Bertz CT molecular complexity index is 495. The van der Waals surface area contributed by atoms with Gasteiger partial charge in [-0.15, -0.1) is 0 Å². The van der Waals surface area contributed by atoms with E-state index in [9.17, 15) is 14.4 Å². The second kappa shape index (κ2) is 7.28. The number of carbonyl (C=O) groups is 3. The van der Waals surface area contributed by atoms with Crippen molar-refractivity contribution in [1.82, 2.24) is 5.32 Å². The van der Waals surface area contributed by atoms with Crippen molar-refractivity contribution in [3.8, 4) is 5.75 Å². The number of nitrogens with one attached hydrogen (secondary N) is 1. The minimum absolute atomic E-state index is 0.154. The van der Waals surface area contributed by atoms with Gasteiger partial charge in [0.1, 0.15) is 11.8 Å². The van der Waals surface area contributed by atoms with Crippen LogP contribution in [0.25, 0.3) is 0 Å². The molecule has 1 amide bonds. The van der Waals surface area contributed by atoms with Gasteiger partial charge in [-0.2, -0.15) is 0 Å². The second-order valence-corrected chi connectivity index (χ2v) is 4.13. The van der Waals surface area contributed by atoms with Crippen molar-refractivity contribution in [1.29, 1.82) is 0 Å². The van der Waals surface area contributed by atoms with E-state index in [-0.39, 0.29) is 12.2 Å². The first-order chi connectivity index (χ1) is 9.47. The maximum absolute atomic E-state index is 12.1. The summed E-state index contributed by atoms with van der Waals surface area (Å²) in [5.41, 5.74) is 0.435. The smallest absolute Gasteiger partial charge is 0.328 e. The molecule has 0 saturated heterocycles. The van der Waals surface area contributed by atoms with Gasteiger partial charge in [-0.05, 0) is 24.3 Å². The number of methoxy groups -OCH3 is 2. The molecule has 1 aromatic rings. The summed E-state index contributed by atoms with van der Waals surface area (Å²) in [5.74, 6) is -0.685. The van der Waals surface area contributed by atoms with E-state index in [0.29, 0.717) is 11.3 Å². The van der Waals surface area contributed by atoms with E-state index in [0.717, 1.165) is 0 Å². The van der Waals surface area contributed by atoms with Crippen LogP contribution >= 0.6 is 0 Å². The summed E-state index contributed by atoms with van der Waals surface area (Å²) in [4.78, 5) is 34.6. The van der Waals surface area contributed by atoms with Crippen molar-refractivity contribution in [3.63, 3.8) is 0 Å². The van der Waals surface area contributed by atoms with Crippen molar-refractivity contribution in [2.45, 2.75) is 19.4 Å². The third-order valence-electron chi connectivity index (χ3n) is 2.66. The highest BCUT2D eigenvalue weighted by atomic mass is 16.5. The van der Waals surface area contributed by atoms with E-state index in [2.05, 4.69) is 10.1 Å². The number of ether oxygens (including phenoxy) is 2. The lowest BCUT2D eigenvalue weighted by atomic mass is 10.0. The van der Waals surface area contributed by atoms with Crippen LogP contribution in [0, 0.1) is 0 Å². The maximum atomic E-state index is 12.1. The molecule has 0 saturated carbocycles. The molecule has 6 nitrogen and oxygen atoms in total. The Morgan fingerprint density at radius 3 is 2.20 bits per heavy atom. The molecule has 0 aromatic heterocycles. The topological polar surface area (TPSA) is 81.7 Å². The van der Waals surface area contributed by atoms with Crippen LogP contribution in [0.3, 0.4) is 0 Å². The molecule has 0 fully saturated rings. The SMILES string of the molecule is COC(=O)C(CC(=O)c1ccc(OC)cc1)NC(C)=O. The molecule has 0 radical (unpaired) electrons. The van der Waals surface area contributed by atoms with Crippen LogP contribution in [0.2, 0.25) is 0 Å². The number of esters is 1. The Morgan fingerprint density at radius 2 is 1.75 bits per heavy atom. The second-order valence-electron chi connectivity index (χ2n) is 4.13. The average molecular weight is 279 g/mol. The lowest BCUT2D eigenvalue weighted by molar-refractivity contribution is -0.144. The zero-order valence-corrected chi connectivity index (χ0v) is 11.6. The number of Topliss-reactive ketones (excluding diaryl/α,β-unsaturated/α-hetero) is 1. The highest BCUT2D eigenvalue weighted by molar-refractivity contribution is 5.99. The van der Waals surface area contributed by atoms with Crippen LogP contribution in [0.1, 0.15) is 23.7 Å². The summed E-state index contributed by atoms with van der Waals surface area (Å²) < 4.78 is 9.56. The Balaban J connectivity index is 2.78. The third-order valence-corrected chi connectivity index (χ3v) is 2.66. The molecule has 0 bridgehead atoms. The minimum Gasteiger partial charge on any atom is -0.497 e. The first-order valence-corrected chi connectivity index (χ1v) is 6.00. The summed E-state index contributed by atoms with van der Waals surface area (Å²) in [6.45, 7) is 1.27. The first-order valence-electron chi connectivity index (χ1n) is 6.00. The average Bonchev–Trinajstić information content (AvgIpc) is 2.45. The maximum Gasteiger partial charge on any atom is 0.328 e. The van der Waals surface area contributed by atoms with Crippen LogP contribution in [-0.4, -0.2) is 37.9 Å². The zero-order valence-electron chi connectivity index (χ0n) is 11.6. The third kappa shape index (κ3) is 4.38. The van der Waals surface area contributed by atoms with Gasteiger partial charge in [0.25, 0.3) is 0 Å². The number of hydrogen-bond acceptors (Lipinski definition) is 5. The molecule has 20 heavy (non-hydrogen) atoms. The fraction of sp³-hybridized carbons (Fsp3) is 0.357. The Kier molecular flexibility index (Phi) is 5.71. The van der Waals surface area contributed by atoms with Gasteiger partial charge in [0.05, 0.1) is 14.2 Å². The lowest BCUT2D eigenvalue weighted by Crippen LogP contribution is -2.41. The fourth-order valence-corrected chi connectivity index (χ4v) is 1.66. The van der Waals surface area contributed by atoms with Gasteiger partial charge >= 0.3 is 5.97 Å². The van der Waals surface area contributed by atoms with E-state index in [1.54, 1.807) is 24.3 Å². The van der Waals surface area contributed by atoms with Gasteiger partial charge in [-0.1, -0.05) is 0 Å². The van der Waals surface area contributed by atoms with Crippen LogP contribution in [-0.2, 0) is 14.3 Å². The van der Waals surface area contributed by atoms with Gasteiger partial charge in [0, 0.05) is 18.9 Å². The summed E-state index contributed by atoms with van der Waals surface area (Å²) in [6, 6.07) is 5.52. The summed E-state index contributed by atoms with van der Waals surface area (Å²) in [6.07, 6.45) is -0.154. The van der Waals surface area contributed by atoms with Gasteiger partial charge in [-0.3, -0.25) is 9.59 Å². The molecule has 1 rings (SSSR count). The van der Waals surface area contributed by atoms with Crippen molar-refractivity contribution in [3.05, 3.63) is 29.8 Å². The molecule has 1 atom stereocenters. The molecule has 0 spiro atoms. The molecule has 0 heterocycles.